The van der Waals surface area contributed by atoms with Gasteiger partial charge >= 0.3 is 6.09 Å². The van der Waals surface area contributed by atoms with Crippen molar-refractivity contribution in [1.82, 2.24) is 9.97 Å². The van der Waals surface area contributed by atoms with Crippen LogP contribution in [0.25, 0.3) is 33.1 Å². The quantitative estimate of drug-likeness (QED) is 0.218. The number of hydrogen-bond acceptors (Lipinski definition) is 9. The van der Waals surface area contributed by atoms with Gasteiger partial charge in [0.2, 0.25) is 0 Å². The number of ether oxygens (including phenoxy) is 2. The Labute approximate surface area is 221 Å². The van der Waals surface area contributed by atoms with Crippen molar-refractivity contribution in [3.8, 4) is 16.9 Å². The Balaban J connectivity index is 0.000000241. The molecule has 11 heteroatoms. The summed E-state index contributed by atoms with van der Waals surface area (Å²) in [6.45, 7) is 5.40. The number of nitrogens with zero attached hydrogens (tertiary/aromatic N) is 2. The number of benzene rings is 1. The van der Waals surface area contributed by atoms with Crippen molar-refractivity contribution in [2.45, 2.75) is 26.4 Å². The highest BCUT2D eigenvalue weighted by Crippen LogP contribution is 2.37. The molecule has 192 valence electrons. The third-order valence-electron chi connectivity index (χ3n) is 5.13. The molecule has 0 bridgehead atoms. The van der Waals surface area contributed by atoms with Crippen LogP contribution in [0, 0.1) is 0 Å². The maximum absolute atomic E-state index is 12.0. The highest BCUT2D eigenvalue weighted by Gasteiger charge is 2.19. The van der Waals surface area contributed by atoms with Crippen molar-refractivity contribution < 1.29 is 23.1 Å². The first kappa shape index (κ1) is 25.8. The number of nitrogen functional groups attached to an aromatic ring is 2. The molecular weight excluding hydrogens is 542 g/mol. The number of carbonyl (C=O) groups is 1. The molecule has 0 aliphatic heterocycles. The van der Waals surface area contributed by atoms with E-state index in [2.05, 4.69) is 31.2 Å². The molecule has 0 saturated carbocycles. The molecule has 0 unspecified atom stereocenters. The highest BCUT2D eigenvalue weighted by molar-refractivity contribution is 9.10. The molecular formula is C26H26BrN5O5. The fourth-order valence-electron chi connectivity index (χ4n) is 3.57. The van der Waals surface area contributed by atoms with Gasteiger partial charge in [0.1, 0.15) is 40.4 Å². The Bertz CT molecular complexity index is 1570. The zero-order chi connectivity index (χ0) is 26.7. The second kappa shape index (κ2) is 10.4. The maximum atomic E-state index is 12.0. The number of nitrogens with one attached hydrogen (secondary N) is 1. The third kappa shape index (κ3) is 5.78. The lowest BCUT2D eigenvalue weighted by molar-refractivity contribution is 0.0635. The van der Waals surface area contributed by atoms with Gasteiger partial charge < -0.3 is 29.8 Å². The van der Waals surface area contributed by atoms with Crippen LogP contribution in [0.5, 0.6) is 5.75 Å². The first-order chi connectivity index (χ1) is 17.6. The minimum absolute atomic E-state index is 0.390. The maximum Gasteiger partial charge on any atom is 0.412 e. The number of methoxy groups -OCH3 is 1. The van der Waals surface area contributed by atoms with E-state index in [1.54, 1.807) is 70.0 Å². The van der Waals surface area contributed by atoms with Crippen LogP contribution in [0.2, 0.25) is 0 Å². The molecule has 0 spiro atoms. The van der Waals surface area contributed by atoms with Crippen molar-refractivity contribution in [3.63, 3.8) is 0 Å². The van der Waals surface area contributed by atoms with Crippen molar-refractivity contribution >= 4 is 61.3 Å². The molecule has 0 aliphatic rings. The standard InChI is InChI=1S/C19H21N3O4.C7H5BrN2O/c1-19(2,3)26-18(23)22-13-6-5-11(9-15(13)24-4)12-10-25-14-7-8-21-17(20)16(12)14;8-4-3-11-5-1-2-10-7(9)6(4)5/h5-10H,1-4H3,(H2,20,21)(H,22,23);1-3H,(H2,9,10). The summed E-state index contributed by atoms with van der Waals surface area (Å²) < 4.78 is 22.2. The molecule has 0 atom stereocenters. The number of furan rings is 2. The molecule has 5 aromatic rings. The Hall–Kier alpha value is -4.25. The van der Waals surface area contributed by atoms with Gasteiger partial charge in [0.05, 0.1) is 34.3 Å². The molecule has 1 aromatic carbocycles. The summed E-state index contributed by atoms with van der Waals surface area (Å²) in [6.07, 6.45) is 5.89. The number of amides is 1. The zero-order valence-corrected chi connectivity index (χ0v) is 22.3. The number of nitrogens with two attached hydrogens (primary N) is 2. The Kier molecular flexibility index (Phi) is 7.25. The van der Waals surface area contributed by atoms with Gasteiger partial charge in [0.25, 0.3) is 0 Å². The number of aromatic nitrogens is 2. The smallest absolute Gasteiger partial charge is 0.412 e. The normalized spacial score (nSPS) is 11.2. The van der Waals surface area contributed by atoms with Crippen LogP contribution >= 0.6 is 15.9 Å². The van der Waals surface area contributed by atoms with Gasteiger partial charge in [-0.25, -0.2) is 14.8 Å². The monoisotopic (exact) mass is 567 g/mol. The average molecular weight is 568 g/mol. The third-order valence-corrected chi connectivity index (χ3v) is 5.72. The highest BCUT2D eigenvalue weighted by atomic mass is 79.9. The van der Waals surface area contributed by atoms with E-state index in [-0.39, 0.29) is 0 Å². The molecule has 10 nitrogen and oxygen atoms in total. The summed E-state index contributed by atoms with van der Waals surface area (Å²) in [5.41, 5.74) is 14.5. The van der Waals surface area contributed by atoms with E-state index in [9.17, 15) is 4.79 Å². The van der Waals surface area contributed by atoms with Crippen molar-refractivity contribution in [2.75, 3.05) is 23.9 Å². The molecule has 37 heavy (non-hydrogen) atoms. The Morgan fingerprint density at radius 2 is 1.59 bits per heavy atom. The van der Waals surface area contributed by atoms with E-state index in [1.165, 1.54) is 7.11 Å². The fraction of sp³-hybridized carbons (Fsp3) is 0.192. The van der Waals surface area contributed by atoms with Crippen molar-refractivity contribution in [3.05, 3.63) is 59.7 Å². The van der Waals surface area contributed by atoms with Crippen LogP contribution in [0.1, 0.15) is 20.8 Å². The van der Waals surface area contributed by atoms with E-state index in [1.807, 2.05) is 6.07 Å². The van der Waals surface area contributed by atoms with E-state index < -0.39 is 11.7 Å². The summed E-state index contributed by atoms with van der Waals surface area (Å²) in [4.78, 5) is 20.0. The lowest BCUT2D eigenvalue weighted by Crippen LogP contribution is -2.27. The van der Waals surface area contributed by atoms with Crippen LogP contribution in [-0.4, -0.2) is 28.8 Å². The summed E-state index contributed by atoms with van der Waals surface area (Å²) in [5, 5.41) is 4.27. The minimum Gasteiger partial charge on any atom is -0.495 e. The number of rotatable bonds is 3. The molecule has 1 amide bonds. The predicted octanol–water partition coefficient (Wildman–Crippen LogP) is 6.61. The zero-order valence-electron chi connectivity index (χ0n) is 20.7. The average Bonchev–Trinajstić information content (AvgIpc) is 3.44. The van der Waals surface area contributed by atoms with Gasteiger partial charge in [-0.1, -0.05) is 6.07 Å². The number of hydrogen-bond donors (Lipinski definition) is 3. The minimum atomic E-state index is -0.586. The molecule has 0 radical (unpaired) electrons. The number of pyridine rings is 2. The lowest BCUT2D eigenvalue weighted by atomic mass is 10.0. The molecule has 5 rings (SSSR count). The first-order valence-electron chi connectivity index (χ1n) is 11.1. The predicted molar refractivity (Wildman–Crippen MR) is 146 cm³/mol. The second-order valence-electron chi connectivity index (χ2n) is 8.91. The van der Waals surface area contributed by atoms with Crippen LogP contribution in [0.3, 0.4) is 0 Å². The molecule has 0 fully saturated rings. The Morgan fingerprint density at radius 3 is 2.22 bits per heavy atom. The first-order valence-corrected chi connectivity index (χ1v) is 11.9. The topological polar surface area (TPSA) is 152 Å². The van der Waals surface area contributed by atoms with E-state index in [0.29, 0.717) is 28.7 Å². The molecule has 0 saturated heterocycles. The number of carbonyl (C=O) groups excluding carboxylic acids is 1. The lowest BCUT2D eigenvalue weighted by Gasteiger charge is -2.20. The van der Waals surface area contributed by atoms with E-state index in [4.69, 9.17) is 29.8 Å². The van der Waals surface area contributed by atoms with Crippen molar-refractivity contribution in [2.24, 2.45) is 0 Å². The second-order valence-corrected chi connectivity index (χ2v) is 9.77. The van der Waals surface area contributed by atoms with Gasteiger partial charge in [0, 0.05) is 18.0 Å². The van der Waals surface area contributed by atoms with Crippen LogP contribution in [0.15, 0.2) is 68.6 Å². The summed E-state index contributed by atoms with van der Waals surface area (Å²) in [5.74, 6) is 1.37. The van der Waals surface area contributed by atoms with Gasteiger partial charge in [-0.2, -0.15) is 0 Å². The summed E-state index contributed by atoms with van der Waals surface area (Å²) in [6, 6.07) is 8.90. The van der Waals surface area contributed by atoms with Gasteiger partial charge in [0.15, 0.2) is 0 Å². The van der Waals surface area contributed by atoms with Gasteiger partial charge in [-0.15, -0.1) is 0 Å². The molecule has 5 N–H and O–H groups in total. The number of halogens is 1. The Morgan fingerprint density at radius 1 is 0.973 bits per heavy atom. The summed E-state index contributed by atoms with van der Waals surface area (Å²) in [7, 11) is 1.53. The van der Waals surface area contributed by atoms with Crippen LogP contribution in [-0.2, 0) is 4.74 Å². The van der Waals surface area contributed by atoms with Crippen LogP contribution < -0.4 is 21.5 Å². The number of anilines is 3. The number of fused-ring (bicyclic) bond motifs is 2. The van der Waals surface area contributed by atoms with E-state index in [0.717, 1.165) is 32.0 Å². The molecule has 0 aliphatic carbocycles. The van der Waals surface area contributed by atoms with E-state index >= 15 is 0 Å². The SMILES string of the molecule is COc1cc(-c2coc3ccnc(N)c23)ccc1NC(=O)OC(C)(C)C.Nc1nccc2occ(Br)c12. The molecule has 4 heterocycles. The molecule has 4 aromatic heterocycles. The largest absolute Gasteiger partial charge is 0.495 e. The van der Waals surface area contributed by atoms with Crippen molar-refractivity contribution in [1.29, 1.82) is 0 Å². The van der Waals surface area contributed by atoms with Gasteiger partial charge in [-0.05, 0) is 66.5 Å². The van der Waals surface area contributed by atoms with Gasteiger partial charge in [-0.3, -0.25) is 5.32 Å². The fourth-order valence-corrected chi connectivity index (χ4v) is 4.06. The van der Waals surface area contributed by atoms with Crippen LogP contribution in [0.4, 0.5) is 22.1 Å². The summed E-state index contributed by atoms with van der Waals surface area (Å²) >= 11 is 3.30.